The Kier molecular flexibility index (Phi) is 1.69. The Morgan fingerprint density at radius 2 is 2.50 bits per heavy atom. The van der Waals surface area contributed by atoms with Crippen LogP contribution in [0.4, 0.5) is 0 Å². The quantitative estimate of drug-likeness (QED) is 0.264. The van der Waals surface area contributed by atoms with Crippen LogP contribution in [0, 0.1) is 0 Å². The molecular formula is C6H9ClN+. The van der Waals surface area contributed by atoms with Gasteiger partial charge >= 0.3 is 0 Å². The standard InChI is InChI=1S/C6H9ClN/c1-8-5-3-2-4-6(8)7/h2-3,5-6H,4H2,1H3/q+1. The summed E-state index contributed by atoms with van der Waals surface area (Å²) in [7, 11) is 1.97. The SMILES string of the molecule is C[N+]1=CC=CCC1Cl. The maximum atomic E-state index is 5.81. The van der Waals surface area contributed by atoms with E-state index >= 15 is 0 Å². The van der Waals surface area contributed by atoms with Crippen LogP contribution in [-0.4, -0.2) is 23.3 Å². The van der Waals surface area contributed by atoms with Crippen molar-refractivity contribution in [3.63, 3.8) is 0 Å². The fraction of sp³-hybridized carbons (Fsp3) is 0.500. The number of hydrogen-bond donors (Lipinski definition) is 0. The normalized spacial score (nSPS) is 27.8. The van der Waals surface area contributed by atoms with Gasteiger partial charge in [-0.3, -0.25) is 0 Å². The lowest BCUT2D eigenvalue weighted by Crippen LogP contribution is -2.18. The summed E-state index contributed by atoms with van der Waals surface area (Å²) in [6.07, 6.45) is 7.01. The molecule has 8 heavy (non-hydrogen) atoms. The first kappa shape index (κ1) is 5.83. The van der Waals surface area contributed by atoms with Crippen LogP contribution in [0.5, 0.6) is 0 Å². The molecule has 1 nitrogen and oxygen atoms in total. The van der Waals surface area contributed by atoms with E-state index in [1.54, 1.807) is 0 Å². The molecule has 0 saturated heterocycles. The topological polar surface area (TPSA) is 3.01 Å². The summed E-state index contributed by atoms with van der Waals surface area (Å²) in [5.41, 5.74) is 0.167. The molecule has 1 atom stereocenters. The number of hydrogen-bond acceptors (Lipinski definition) is 0. The van der Waals surface area contributed by atoms with Crippen molar-refractivity contribution in [2.24, 2.45) is 0 Å². The van der Waals surface area contributed by atoms with Crippen LogP contribution in [0.15, 0.2) is 12.2 Å². The van der Waals surface area contributed by atoms with Crippen molar-refractivity contribution < 1.29 is 4.58 Å². The zero-order valence-electron chi connectivity index (χ0n) is 4.84. The van der Waals surface area contributed by atoms with Crippen LogP contribution in [0.2, 0.25) is 0 Å². The van der Waals surface area contributed by atoms with E-state index in [1.807, 2.05) is 23.9 Å². The van der Waals surface area contributed by atoms with Gasteiger partial charge in [0.05, 0.1) is 0 Å². The molecule has 2 heteroatoms. The van der Waals surface area contributed by atoms with Crippen molar-refractivity contribution in [1.29, 1.82) is 0 Å². The van der Waals surface area contributed by atoms with E-state index in [2.05, 4.69) is 6.08 Å². The number of alkyl halides is 1. The fourth-order valence-electron chi connectivity index (χ4n) is 0.647. The first-order valence-corrected chi connectivity index (χ1v) is 3.10. The Morgan fingerprint density at radius 3 is 2.88 bits per heavy atom. The van der Waals surface area contributed by atoms with Crippen LogP contribution in [0.1, 0.15) is 6.42 Å². The second-order valence-electron chi connectivity index (χ2n) is 1.91. The molecule has 0 spiro atoms. The number of rotatable bonds is 0. The summed E-state index contributed by atoms with van der Waals surface area (Å²) < 4.78 is 1.99. The summed E-state index contributed by atoms with van der Waals surface area (Å²) >= 11 is 5.81. The lowest BCUT2D eigenvalue weighted by atomic mass is 10.3. The molecule has 0 saturated carbocycles. The van der Waals surface area contributed by atoms with Crippen molar-refractivity contribution in [2.75, 3.05) is 7.05 Å². The minimum Gasteiger partial charge on any atom is -0.222 e. The van der Waals surface area contributed by atoms with Crippen molar-refractivity contribution in [2.45, 2.75) is 11.9 Å². The molecule has 0 radical (unpaired) electrons. The van der Waals surface area contributed by atoms with Crippen LogP contribution in [0.25, 0.3) is 0 Å². The van der Waals surface area contributed by atoms with Gasteiger partial charge in [-0.15, -0.1) is 0 Å². The van der Waals surface area contributed by atoms with Gasteiger partial charge in [-0.2, -0.15) is 0 Å². The Balaban J connectivity index is 2.66. The minimum absolute atomic E-state index is 0.167. The molecule has 0 N–H and O–H groups in total. The zero-order chi connectivity index (χ0) is 5.98. The molecular weight excluding hydrogens is 122 g/mol. The summed E-state index contributed by atoms with van der Waals surface area (Å²) in [6, 6.07) is 0. The van der Waals surface area contributed by atoms with E-state index in [0.717, 1.165) is 6.42 Å². The van der Waals surface area contributed by atoms with Crippen molar-refractivity contribution in [3.05, 3.63) is 12.2 Å². The Morgan fingerprint density at radius 1 is 1.75 bits per heavy atom. The second-order valence-corrected chi connectivity index (χ2v) is 2.42. The molecule has 0 aromatic carbocycles. The van der Waals surface area contributed by atoms with E-state index < -0.39 is 0 Å². The highest BCUT2D eigenvalue weighted by atomic mass is 35.5. The lowest BCUT2D eigenvalue weighted by Gasteiger charge is -2.03. The van der Waals surface area contributed by atoms with E-state index in [1.165, 1.54) is 0 Å². The van der Waals surface area contributed by atoms with Crippen LogP contribution < -0.4 is 0 Å². The molecule has 44 valence electrons. The Labute approximate surface area is 54.3 Å². The van der Waals surface area contributed by atoms with Gasteiger partial charge in [-0.25, -0.2) is 4.58 Å². The number of halogens is 1. The predicted molar refractivity (Wildman–Crippen MR) is 35.6 cm³/mol. The first-order valence-electron chi connectivity index (χ1n) is 2.66. The average Bonchev–Trinajstić information content (AvgIpc) is 1.77. The molecule has 0 aliphatic carbocycles. The summed E-state index contributed by atoms with van der Waals surface area (Å²) in [6.45, 7) is 0. The first-order chi connectivity index (χ1) is 3.80. The predicted octanol–water partition coefficient (Wildman–Crippen LogP) is 1.22. The van der Waals surface area contributed by atoms with Gasteiger partial charge in [-0.1, -0.05) is 6.08 Å². The third-order valence-corrected chi connectivity index (χ3v) is 1.72. The van der Waals surface area contributed by atoms with Gasteiger partial charge in [0, 0.05) is 6.42 Å². The van der Waals surface area contributed by atoms with Gasteiger partial charge in [0.1, 0.15) is 7.05 Å². The molecule has 1 heterocycles. The molecule has 0 aromatic heterocycles. The van der Waals surface area contributed by atoms with E-state index in [4.69, 9.17) is 11.6 Å². The van der Waals surface area contributed by atoms with Crippen molar-refractivity contribution >= 4 is 17.8 Å². The molecule has 1 rings (SSSR count). The summed E-state index contributed by atoms with van der Waals surface area (Å²) in [4.78, 5) is 0. The van der Waals surface area contributed by atoms with Crippen LogP contribution in [0.3, 0.4) is 0 Å². The molecule has 0 bridgehead atoms. The highest BCUT2D eigenvalue weighted by Gasteiger charge is 2.11. The Bertz CT molecular complexity index is 137. The molecule has 0 fully saturated rings. The summed E-state index contributed by atoms with van der Waals surface area (Å²) in [5.74, 6) is 0. The molecule has 1 unspecified atom stereocenters. The molecule has 1 aliphatic rings. The van der Waals surface area contributed by atoms with Gasteiger partial charge in [0.25, 0.3) is 0 Å². The molecule has 1 aliphatic heterocycles. The van der Waals surface area contributed by atoms with Gasteiger partial charge < -0.3 is 0 Å². The largest absolute Gasteiger partial charge is 0.230 e. The van der Waals surface area contributed by atoms with Crippen LogP contribution in [-0.2, 0) is 0 Å². The maximum Gasteiger partial charge on any atom is 0.230 e. The molecule has 0 amide bonds. The highest BCUT2D eigenvalue weighted by Crippen LogP contribution is 2.05. The van der Waals surface area contributed by atoms with Gasteiger partial charge in [-0.05, 0) is 17.7 Å². The average molecular weight is 131 g/mol. The van der Waals surface area contributed by atoms with Crippen molar-refractivity contribution in [3.8, 4) is 0 Å². The van der Waals surface area contributed by atoms with Gasteiger partial charge in [0.15, 0.2) is 6.21 Å². The fourth-order valence-corrected chi connectivity index (χ4v) is 0.815. The third kappa shape index (κ3) is 1.10. The van der Waals surface area contributed by atoms with Gasteiger partial charge in [0.2, 0.25) is 5.50 Å². The smallest absolute Gasteiger partial charge is 0.222 e. The third-order valence-electron chi connectivity index (χ3n) is 1.23. The van der Waals surface area contributed by atoms with E-state index in [9.17, 15) is 0 Å². The van der Waals surface area contributed by atoms with E-state index in [0.29, 0.717) is 0 Å². The van der Waals surface area contributed by atoms with E-state index in [-0.39, 0.29) is 5.50 Å². The second kappa shape index (κ2) is 2.31. The minimum atomic E-state index is 0.167. The number of nitrogens with zero attached hydrogens (tertiary/aromatic N) is 1. The summed E-state index contributed by atoms with van der Waals surface area (Å²) in [5, 5.41) is 0. The molecule has 0 aromatic rings. The highest BCUT2D eigenvalue weighted by molar-refractivity contribution is 6.19. The van der Waals surface area contributed by atoms with Crippen LogP contribution >= 0.6 is 11.6 Å². The number of allylic oxidation sites excluding steroid dienone is 1. The monoisotopic (exact) mass is 130 g/mol. The lowest BCUT2D eigenvalue weighted by molar-refractivity contribution is -0.510. The zero-order valence-corrected chi connectivity index (χ0v) is 5.60. The maximum absolute atomic E-state index is 5.81. The van der Waals surface area contributed by atoms with Crippen molar-refractivity contribution in [1.82, 2.24) is 0 Å². The Hall–Kier alpha value is -0.300.